The lowest BCUT2D eigenvalue weighted by atomic mass is 9.90. The highest BCUT2D eigenvalue weighted by Gasteiger charge is 2.09. The van der Waals surface area contributed by atoms with Crippen molar-refractivity contribution in [2.24, 2.45) is 5.41 Å². The predicted octanol–water partition coefficient (Wildman–Crippen LogP) is 1.88. The van der Waals surface area contributed by atoms with Crippen molar-refractivity contribution in [2.45, 2.75) is 53.0 Å². The van der Waals surface area contributed by atoms with Crippen LogP contribution in [0.1, 0.15) is 47.0 Å². The number of hydrogen-bond acceptors (Lipinski definition) is 2. The van der Waals surface area contributed by atoms with Crippen LogP contribution in [-0.2, 0) is 0 Å². The molecule has 0 saturated carbocycles. The summed E-state index contributed by atoms with van der Waals surface area (Å²) in [6, 6.07) is -0.383. The van der Waals surface area contributed by atoms with E-state index in [-0.39, 0.29) is 18.7 Å². The molecule has 0 aromatic heterocycles. The third-order valence-corrected chi connectivity index (χ3v) is 2.29. The van der Waals surface area contributed by atoms with Gasteiger partial charge in [-0.3, -0.25) is 0 Å². The van der Waals surface area contributed by atoms with Crippen molar-refractivity contribution in [3.63, 3.8) is 0 Å². The van der Waals surface area contributed by atoms with Gasteiger partial charge in [0.1, 0.15) is 0 Å². The van der Waals surface area contributed by atoms with Crippen LogP contribution in [0.5, 0.6) is 0 Å². The molecule has 0 aliphatic rings. The van der Waals surface area contributed by atoms with E-state index in [0.29, 0.717) is 12.0 Å². The van der Waals surface area contributed by atoms with E-state index >= 15 is 0 Å². The maximum Gasteiger partial charge on any atom is 0.315 e. The van der Waals surface area contributed by atoms with Crippen molar-refractivity contribution in [1.29, 1.82) is 0 Å². The molecule has 0 rings (SSSR count). The molecule has 4 nitrogen and oxygen atoms in total. The minimum atomic E-state index is -0.197. The smallest absolute Gasteiger partial charge is 0.315 e. The standard InChI is InChI=1S/C12H26N2O2/c1-10(9-15)14-11(16)13-8-6-5-7-12(2,3)4/h10,15H,5-9H2,1-4H3,(H2,13,14,16)/t10-/m0/s1. The Morgan fingerprint density at radius 3 is 2.44 bits per heavy atom. The van der Waals surface area contributed by atoms with Gasteiger partial charge in [-0.25, -0.2) is 4.79 Å². The first-order valence-electron chi connectivity index (χ1n) is 6.00. The van der Waals surface area contributed by atoms with Crippen LogP contribution >= 0.6 is 0 Å². The van der Waals surface area contributed by atoms with E-state index in [0.717, 1.165) is 12.8 Å². The van der Waals surface area contributed by atoms with Crippen LogP contribution in [0.3, 0.4) is 0 Å². The molecule has 0 bridgehead atoms. The first-order valence-corrected chi connectivity index (χ1v) is 6.00. The normalized spacial score (nSPS) is 13.3. The Kier molecular flexibility index (Phi) is 7.13. The second-order valence-corrected chi connectivity index (χ2v) is 5.50. The van der Waals surface area contributed by atoms with E-state index in [2.05, 4.69) is 31.4 Å². The van der Waals surface area contributed by atoms with Crippen LogP contribution in [0, 0.1) is 5.41 Å². The molecule has 2 amide bonds. The minimum absolute atomic E-state index is 0.0303. The highest BCUT2D eigenvalue weighted by Crippen LogP contribution is 2.20. The molecule has 0 aromatic carbocycles. The first-order chi connectivity index (χ1) is 7.35. The zero-order chi connectivity index (χ0) is 12.6. The fourth-order valence-electron chi connectivity index (χ4n) is 1.30. The van der Waals surface area contributed by atoms with Crippen LogP contribution in [0.25, 0.3) is 0 Å². The molecule has 0 spiro atoms. The lowest BCUT2D eigenvalue weighted by Gasteiger charge is -2.17. The molecule has 0 saturated heterocycles. The van der Waals surface area contributed by atoms with Gasteiger partial charge in [0.2, 0.25) is 0 Å². The van der Waals surface area contributed by atoms with Crippen LogP contribution in [0.15, 0.2) is 0 Å². The molecule has 0 heterocycles. The average molecular weight is 230 g/mol. The Morgan fingerprint density at radius 1 is 1.31 bits per heavy atom. The molecular weight excluding hydrogens is 204 g/mol. The molecule has 3 N–H and O–H groups in total. The summed E-state index contributed by atoms with van der Waals surface area (Å²) in [5.41, 5.74) is 0.369. The van der Waals surface area contributed by atoms with E-state index in [4.69, 9.17) is 5.11 Å². The highest BCUT2D eigenvalue weighted by molar-refractivity contribution is 5.74. The molecule has 1 atom stereocenters. The molecule has 0 aliphatic heterocycles. The maximum absolute atomic E-state index is 11.2. The number of unbranched alkanes of at least 4 members (excludes halogenated alkanes) is 1. The van der Waals surface area contributed by atoms with Gasteiger partial charge in [0, 0.05) is 6.54 Å². The summed E-state index contributed by atoms with van der Waals surface area (Å²) in [6.45, 7) is 9.08. The summed E-state index contributed by atoms with van der Waals surface area (Å²) in [7, 11) is 0. The van der Waals surface area contributed by atoms with Crippen LogP contribution in [0.2, 0.25) is 0 Å². The first kappa shape index (κ1) is 15.2. The Morgan fingerprint density at radius 2 is 1.94 bits per heavy atom. The van der Waals surface area contributed by atoms with E-state index in [9.17, 15) is 4.79 Å². The van der Waals surface area contributed by atoms with Crippen molar-refractivity contribution < 1.29 is 9.90 Å². The Bertz CT molecular complexity index is 200. The number of aliphatic hydroxyl groups is 1. The number of urea groups is 1. The molecule has 0 fully saturated rings. The molecule has 0 unspecified atom stereocenters. The van der Waals surface area contributed by atoms with Gasteiger partial charge < -0.3 is 15.7 Å². The second kappa shape index (κ2) is 7.49. The topological polar surface area (TPSA) is 61.4 Å². The third kappa shape index (κ3) is 9.77. The fourth-order valence-corrected chi connectivity index (χ4v) is 1.30. The monoisotopic (exact) mass is 230 g/mol. The molecule has 0 radical (unpaired) electrons. The number of rotatable bonds is 6. The fraction of sp³-hybridized carbons (Fsp3) is 0.917. The van der Waals surface area contributed by atoms with Crippen LogP contribution in [-0.4, -0.2) is 30.3 Å². The van der Waals surface area contributed by atoms with Gasteiger partial charge in [-0.1, -0.05) is 27.2 Å². The molecule has 0 aromatic rings. The lowest BCUT2D eigenvalue weighted by molar-refractivity contribution is 0.220. The van der Waals surface area contributed by atoms with Gasteiger partial charge in [-0.2, -0.15) is 0 Å². The minimum Gasteiger partial charge on any atom is -0.394 e. The number of carbonyl (C=O) groups is 1. The summed E-state index contributed by atoms with van der Waals surface area (Å²) in [6.07, 6.45) is 3.29. The number of carbonyl (C=O) groups excluding carboxylic acids is 1. The number of nitrogens with one attached hydrogen (secondary N) is 2. The van der Waals surface area contributed by atoms with Crippen molar-refractivity contribution >= 4 is 6.03 Å². The van der Waals surface area contributed by atoms with Crippen LogP contribution < -0.4 is 10.6 Å². The Balaban J connectivity index is 3.42. The average Bonchev–Trinajstić information content (AvgIpc) is 2.15. The SMILES string of the molecule is C[C@@H](CO)NC(=O)NCCCCC(C)(C)C. The maximum atomic E-state index is 11.2. The molecule has 16 heavy (non-hydrogen) atoms. The van der Waals surface area contributed by atoms with Crippen LogP contribution in [0.4, 0.5) is 4.79 Å². The van der Waals surface area contributed by atoms with E-state index in [1.54, 1.807) is 6.92 Å². The molecular formula is C12H26N2O2. The summed E-state index contributed by atoms with van der Waals surface area (Å²) in [4.78, 5) is 11.2. The Labute approximate surface area is 98.8 Å². The molecule has 0 aliphatic carbocycles. The number of hydrogen-bond donors (Lipinski definition) is 3. The largest absolute Gasteiger partial charge is 0.394 e. The Hall–Kier alpha value is -0.770. The van der Waals surface area contributed by atoms with Gasteiger partial charge in [0.05, 0.1) is 12.6 Å². The molecule has 4 heteroatoms. The third-order valence-electron chi connectivity index (χ3n) is 2.29. The van der Waals surface area contributed by atoms with E-state index in [1.165, 1.54) is 6.42 Å². The summed E-state index contributed by atoms with van der Waals surface area (Å²) in [5, 5.41) is 14.1. The van der Waals surface area contributed by atoms with Gasteiger partial charge in [0.15, 0.2) is 0 Å². The van der Waals surface area contributed by atoms with Crippen molar-refractivity contribution in [3.8, 4) is 0 Å². The van der Waals surface area contributed by atoms with Crippen molar-refractivity contribution in [1.82, 2.24) is 10.6 Å². The zero-order valence-corrected chi connectivity index (χ0v) is 11.0. The van der Waals surface area contributed by atoms with Gasteiger partial charge in [0.25, 0.3) is 0 Å². The highest BCUT2D eigenvalue weighted by atomic mass is 16.3. The lowest BCUT2D eigenvalue weighted by Crippen LogP contribution is -2.42. The quantitative estimate of drug-likeness (QED) is 0.610. The van der Waals surface area contributed by atoms with Gasteiger partial charge in [-0.05, 0) is 25.2 Å². The predicted molar refractivity (Wildman–Crippen MR) is 66.4 cm³/mol. The van der Waals surface area contributed by atoms with E-state index in [1.807, 2.05) is 0 Å². The van der Waals surface area contributed by atoms with Crippen molar-refractivity contribution in [3.05, 3.63) is 0 Å². The summed E-state index contributed by atoms with van der Waals surface area (Å²) < 4.78 is 0. The second-order valence-electron chi connectivity index (χ2n) is 5.50. The number of aliphatic hydroxyl groups excluding tert-OH is 1. The van der Waals surface area contributed by atoms with Gasteiger partial charge in [-0.15, -0.1) is 0 Å². The van der Waals surface area contributed by atoms with Crippen molar-refractivity contribution in [2.75, 3.05) is 13.2 Å². The van der Waals surface area contributed by atoms with E-state index < -0.39 is 0 Å². The zero-order valence-electron chi connectivity index (χ0n) is 11.0. The summed E-state index contributed by atoms with van der Waals surface area (Å²) in [5.74, 6) is 0. The summed E-state index contributed by atoms with van der Waals surface area (Å²) >= 11 is 0. The molecule has 96 valence electrons. The van der Waals surface area contributed by atoms with Gasteiger partial charge >= 0.3 is 6.03 Å². The number of amides is 2.